The molecule has 2 aromatic carbocycles. The van der Waals surface area contributed by atoms with E-state index in [2.05, 4.69) is 10.2 Å². The Morgan fingerprint density at radius 3 is 2.48 bits per heavy atom. The second-order valence-electron chi connectivity index (χ2n) is 7.98. The first-order valence-corrected chi connectivity index (χ1v) is 10.2. The van der Waals surface area contributed by atoms with E-state index < -0.39 is 11.7 Å². The monoisotopic (exact) mass is 402 g/mol. The SMILES string of the molecule is O=C(NCc1cccc(C(F)(F)F)c1)c1ccc2c(c1)CCN(C1CCC1)CC2. The van der Waals surface area contributed by atoms with E-state index >= 15 is 0 Å². The zero-order valence-corrected chi connectivity index (χ0v) is 16.3. The number of alkyl halides is 3. The molecule has 0 unspecified atom stereocenters. The van der Waals surface area contributed by atoms with Crippen LogP contribution in [0.3, 0.4) is 0 Å². The molecule has 2 aliphatic rings. The Morgan fingerprint density at radius 2 is 1.79 bits per heavy atom. The predicted octanol–water partition coefficient (Wildman–Crippen LogP) is 4.59. The molecule has 1 aliphatic carbocycles. The Bertz CT molecular complexity index is 890. The van der Waals surface area contributed by atoms with Gasteiger partial charge in [0.15, 0.2) is 0 Å². The summed E-state index contributed by atoms with van der Waals surface area (Å²) in [6.45, 7) is 2.15. The molecule has 29 heavy (non-hydrogen) atoms. The van der Waals surface area contributed by atoms with Crippen molar-refractivity contribution >= 4 is 5.91 Å². The lowest BCUT2D eigenvalue weighted by molar-refractivity contribution is -0.137. The fourth-order valence-corrected chi connectivity index (χ4v) is 4.14. The molecule has 0 atom stereocenters. The molecule has 0 spiro atoms. The highest BCUT2D eigenvalue weighted by atomic mass is 19.4. The minimum absolute atomic E-state index is 0.0648. The van der Waals surface area contributed by atoms with E-state index in [0.29, 0.717) is 11.1 Å². The van der Waals surface area contributed by atoms with Crippen LogP contribution >= 0.6 is 0 Å². The van der Waals surface area contributed by atoms with Crippen molar-refractivity contribution in [2.75, 3.05) is 13.1 Å². The second-order valence-corrected chi connectivity index (χ2v) is 7.98. The van der Waals surface area contributed by atoms with Gasteiger partial charge < -0.3 is 5.32 Å². The van der Waals surface area contributed by atoms with Crippen molar-refractivity contribution in [3.8, 4) is 0 Å². The summed E-state index contributed by atoms with van der Waals surface area (Å²) in [4.78, 5) is 15.1. The van der Waals surface area contributed by atoms with Crippen LogP contribution in [-0.2, 0) is 25.6 Å². The third-order valence-corrected chi connectivity index (χ3v) is 6.10. The number of carbonyl (C=O) groups excluding carboxylic acids is 1. The predicted molar refractivity (Wildman–Crippen MR) is 106 cm³/mol. The van der Waals surface area contributed by atoms with Crippen LogP contribution in [0.1, 0.15) is 51.9 Å². The van der Waals surface area contributed by atoms with Gasteiger partial charge in [0, 0.05) is 31.2 Å². The zero-order chi connectivity index (χ0) is 20.4. The molecule has 1 heterocycles. The van der Waals surface area contributed by atoms with E-state index in [1.807, 2.05) is 18.2 Å². The first-order valence-electron chi connectivity index (χ1n) is 10.2. The minimum atomic E-state index is -4.38. The highest BCUT2D eigenvalue weighted by molar-refractivity contribution is 5.94. The lowest BCUT2D eigenvalue weighted by Gasteiger charge is -2.36. The number of fused-ring (bicyclic) bond motifs is 1. The molecule has 0 saturated heterocycles. The Kier molecular flexibility index (Phi) is 5.63. The molecular formula is C23H25F3N2O. The van der Waals surface area contributed by atoms with Crippen LogP contribution in [0.25, 0.3) is 0 Å². The van der Waals surface area contributed by atoms with Gasteiger partial charge in [-0.15, -0.1) is 0 Å². The molecule has 0 aromatic heterocycles. The van der Waals surface area contributed by atoms with E-state index in [4.69, 9.17) is 0 Å². The van der Waals surface area contributed by atoms with E-state index in [-0.39, 0.29) is 12.5 Å². The Balaban J connectivity index is 1.39. The van der Waals surface area contributed by atoms with Crippen LogP contribution in [0.5, 0.6) is 0 Å². The van der Waals surface area contributed by atoms with Crippen molar-refractivity contribution in [1.82, 2.24) is 10.2 Å². The minimum Gasteiger partial charge on any atom is -0.348 e. The molecule has 0 radical (unpaired) electrons. The molecule has 1 N–H and O–H groups in total. The summed E-state index contributed by atoms with van der Waals surface area (Å²) < 4.78 is 38.5. The number of nitrogens with one attached hydrogen (secondary N) is 1. The van der Waals surface area contributed by atoms with Crippen molar-refractivity contribution < 1.29 is 18.0 Å². The summed E-state index contributed by atoms with van der Waals surface area (Å²) in [5, 5.41) is 2.74. The fraction of sp³-hybridized carbons (Fsp3) is 0.435. The van der Waals surface area contributed by atoms with Gasteiger partial charge in [-0.1, -0.05) is 24.6 Å². The van der Waals surface area contributed by atoms with Gasteiger partial charge in [-0.25, -0.2) is 0 Å². The summed E-state index contributed by atoms with van der Waals surface area (Å²) >= 11 is 0. The molecule has 0 bridgehead atoms. The smallest absolute Gasteiger partial charge is 0.348 e. The van der Waals surface area contributed by atoms with Crippen LogP contribution < -0.4 is 5.32 Å². The van der Waals surface area contributed by atoms with Gasteiger partial charge in [0.2, 0.25) is 0 Å². The number of halogens is 3. The molecule has 1 amide bonds. The summed E-state index contributed by atoms with van der Waals surface area (Å²) in [6.07, 6.45) is 1.45. The molecule has 3 nitrogen and oxygen atoms in total. The summed E-state index contributed by atoms with van der Waals surface area (Å²) in [6, 6.07) is 11.6. The maximum absolute atomic E-state index is 12.8. The second kappa shape index (κ2) is 8.19. The summed E-state index contributed by atoms with van der Waals surface area (Å²) in [5.41, 5.74) is 2.79. The summed E-state index contributed by atoms with van der Waals surface area (Å²) in [5.74, 6) is -0.259. The summed E-state index contributed by atoms with van der Waals surface area (Å²) in [7, 11) is 0. The maximum atomic E-state index is 12.8. The average Bonchev–Trinajstić information content (AvgIpc) is 2.87. The molecule has 1 aliphatic heterocycles. The number of carbonyl (C=O) groups is 1. The topological polar surface area (TPSA) is 32.3 Å². The molecule has 1 fully saturated rings. The molecule has 4 rings (SSSR count). The average molecular weight is 402 g/mol. The molecular weight excluding hydrogens is 377 g/mol. The van der Waals surface area contributed by atoms with Gasteiger partial charge in [-0.3, -0.25) is 9.69 Å². The number of benzene rings is 2. The van der Waals surface area contributed by atoms with Crippen molar-refractivity contribution in [3.63, 3.8) is 0 Å². The van der Waals surface area contributed by atoms with Crippen molar-refractivity contribution in [3.05, 3.63) is 70.3 Å². The molecule has 154 valence electrons. The van der Waals surface area contributed by atoms with E-state index in [1.54, 1.807) is 6.07 Å². The zero-order valence-electron chi connectivity index (χ0n) is 16.3. The van der Waals surface area contributed by atoms with Gasteiger partial charge in [0.05, 0.1) is 5.56 Å². The number of rotatable bonds is 4. The third-order valence-electron chi connectivity index (χ3n) is 6.10. The molecule has 1 saturated carbocycles. The number of hydrogen-bond acceptors (Lipinski definition) is 2. The first kappa shape index (κ1) is 20.0. The van der Waals surface area contributed by atoms with Crippen LogP contribution in [0.4, 0.5) is 13.2 Å². The lowest BCUT2D eigenvalue weighted by atomic mass is 9.91. The quantitative estimate of drug-likeness (QED) is 0.811. The van der Waals surface area contributed by atoms with Crippen LogP contribution in [-0.4, -0.2) is 29.9 Å². The highest BCUT2D eigenvalue weighted by Gasteiger charge is 2.30. The van der Waals surface area contributed by atoms with Crippen LogP contribution in [0.15, 0.2) is 42.5 Å². The first-order chi connectivity index (χ1) is 13.9. The van der Waals surface area contributed by atoms with Crippen molar-refractivity contribution in [2.24, 2.45) is 0 Å². The van der Waals surface area contributed by atoms with Crippen LogP contribution in [0, 0.1) is 0 Å². The van der Waals surface area contributed by atoms with E-state index in [9.17, 15) is 18.0 Å². The Labute approximate surface area is 168 Å². The van der Waals surface area contributed by atoms with Crippen molar-refractivity contribution in [2.45, 2.75) is 50.9 Å². The largest absolute Gasteiger partial charge is 0.416 e. The standard InChI is InChI=1S/C23H25F3N2O/c24-23(25,26)20-4-1-3-16(13-20)15-27-22(29)19-8-7-17-9-11-28(21-5-2-6-21)12-10-18(17)14-19/h1,3-4,7-8,13-14,21H,2,5-6,9-12,15H2,(H,27,29). The fourth-order valence-electron chi connectivity index (χ4n) is 4.14. The third kappa shape index (κ3) is 4.64. The normalized spacial score (nSPS) is 17.9. The van der Waals surface area contributed by atoms with E-state index in [1.165, 1.54) is 36.5 Å². The van der Waals surface area contributed by atoms with Gasteiger partial charge in [0.1, 0.15) is 0 Å². The van der Waals surface area contributed by atoms with Gasteiger partial charge in [-0.2, -0.15) is 13.2 Å². The van der Waals surface area contributed by atoms with Gasteiger partial charge in [-0.05, 0) is 66.6 Å². The van der Waals surface area contributed by atoms with Crippen molar-refractivity contribution in [1.29, 1.82) is 0 Å². The van der Waals surface area contributed by atoms with Gasteiger partial charge >= 0.3 is 6.18 Å². The number of amides is 1. The Morgan fingerprint density at radius 1 is 1.03 bits per heavy atom. The van der Waals surface area contributed by atoms with Gasteiger partial charge in [0.25, 0.3) is 5.91 Å². The van der Waals surface area contributed by atoms with E-state index in [0.717, 1.165) is 44.1 Å². The number of hydrogen-bond donors (Lipinski definition) is 1. The lowest BCUT2D eigenvalue weighted by Crippen LogP contribution is -2.41. The Hall–Kier alpha value is -2.34. The molecule has 2 aromatic rings. The van der Waals surface area contributed by atoms with Crippen LogP contribution in [0.2, 0.25) is 0 Å². The maximum Gasteiger partial charge on any atom is 0.416 e. The highest BCUT2D eigenvalue weighted by Crippen LogP contribution is 2.30. The number of nitrogens with zero attached hydrogens (tertiary/aromatic N) is 1. The molecule has 6 heteroatoms.